The Bertz CT molecular complexity index is 601. The Morgan fingerprint density at radius 1 is 1.04 bits per heavy atom. The van der Waals surface area contributed by atoms with Crippen LogP contribution in [0.4, 0.5) is 0 Å². The van der Waals surface area contributed by atoms with Crippen molar-refractivity contribution in [1.82, 2.24) is 14.8 Å². The SMILES string of the molecule is O=C(CCCn1cccc1)NC1CCN(Cc2ccccc2)CC1. The first-order valence-corrected chi connectivity index (χ1v) is 8.96. The summed E-state index contributed by atoms with van der Waals surface area (Å²) in [7, 11) is 0. The van der Waals surface area contributed by atoms with Crippen LogP contribution in [0.25, 0.3) is 0 Å². The van der Waals surface area contributed by atoms with Crippen molar-refractivity contribution in [1.29, 1.82) is 0 Å². The summed E-state index contributed by atoms with van der Waals surface area (Å²) in [4.78, 5) is 14.6. The minimum atomic E-state index is 0.198. The standard InChI is InChI=1S/C20H27N3O/c24-20(9-6-14-22-12-4-5-13-22)21-19-10-15-23(16-11-19)17-18-7-2-1-3-8-18/h1-5,7-8,12-13,19H,6,9-11,14-17H2,(H,21,24). The number of nitrogens with one attached hydrogen (secondary N) is 1. The molecule has 0 radical (unpaired) electrons. The first-order valence-electron chi connectivity index (χ1n) is 8.96. The Balaban J connectivity index is 1.32. The highest BCUT2D eigenvalue weighted by molar-refractivity contribution is 5.76. The van der Waals surface area contributed by atoms with Gasteiger partial charge in [0.1, 0.15) is 0 Å². The number of rotatable bonds is 7. The predicted octanol–water partition coefficient (Wildman–Crippen LogP) is 3.05. The largest absolute Gasteiger partial charge is 0.354 e. The highest BCUT2D eigenvalue weighted by Gasteiger charge is 2.20. The van der Waals surface area contributed by atoms with Gasteiger partial charge in [0.05, 0.1) is 0 Å². The molecule has 1 N–H and O–H groups in total. The van der Waals surface area contributed by atoms with Gasteiger partial charge >= 0.3 is 0 Å². The van der Waals surface area contributed by atoms with Gasteiger partial charge in [-0.3, -0.25) is 9.69 Å². The number of likely N-dealkylation sites (tertiary alicyclic amines) is 1. The number of amides is 1. The lowest BCUT2D eigenvalue weighted by Gasteiger charge is -2.32. The number of aromatic nitrogens is 1. The first-order chi connectivity index (χ1) is 11.8. The molecule has 4 heteroatoms. The third kappa shape index (κ3) is 5.24. The van der Waals surface area contributed by atoms with Gasteiger partial charge in [0.25, 0.3) is 0 Å². The van der Waals surface area contributed by atoms with E-state index in [1.807, 2.05) is 24.5 Å². The number of piperidine rings is 1. The number of hydrogen-bond donors (Lipinski definition) is 1. The molecule has 1 saturated heterocycles. The topological polar surface area (TPSA) is 37.3 Å². The maximum Gasteiger partial charge on any atom is 0.220 e. The average molecular weight is 325 g/mol. The van der Waals surface area contributed by atoms with Gasteiger partial charge in [-0.2, -0.15) is 0 Å². The van der Waals surface area contributed by atoms with Crippen LogP contribution in [0.2, 0.25) is 0 Å². The first kappa shape index (κ1) is 16.8. The minimum Gasteiger partial charge on any atom is -0.354 e. The Morgan fingerprint density at radius 2 is 1.75 bits per heavy atom. The smallest absolute Gasteiger partial charge is 0.220 e. The fourth-order valence-electron chi connectivity index (χ4n) is 3.32. The zero-order valence-electron chi connectivity index (χ0n) is 14.2. The second-order valence-corrected chi connectivity index (χ2v) is 6.63. The van der Waals surface area contributed by atoms with Gasteiger partial charge < -0.3 is 9.88 Å². The molecular formula is C20H27N3O. The maximum absolute atomic E-state index is 12.1. The van der Waals surface area contributed by atoms with Crippen LogP contribution >= 0.6 is 0 Å². The van der Waals surface area contributed by atoms with Gasteiger partial charge in [-0.25, -0.2) is 0 Å². The minimum absolute atomic E-state index is 0.198. The van der Waals surface area contributed by atoms with Crippen molar-refractivity contribution in [2.45, 2.75) is 44.8 Å². The van der Waals surface area contributed by atoms with Gasteiger partial charge in [-0.1, -0.05) is 30.3 Å². The zero-order valence-corrected chi connectivity index (χ0v) is 14.2. The van der Waals surface area contributed by atoms with Crippen molar-refractivity contribution in [2.24, 2.45) is 0 Å². The molecule has 2 aromatic rings. The second-order valence-electron chi connectivity index (χ2n) is 6.63. The molecule has 4 nitrogen and oxygen atoms in total. The molecule has 1 aromatic carbocycles. The van der Waals surface area contributed by atoms with Gasteiger partial charge in [0.2, 0.25) is 5.91 Å². The average Bonchev–Trinajstić information content (AvgIpc) is 3.11. The van der Waals surface area contributed by atoms with E-state index in [-0.39, 0.29) is 5.91 Å². The lowest BCUT2D eigenvalue weighted by atomic mass is 10.0. The Morgan fingerprint density at radius 3 is 2.46 bits per heavy atom. The molecular weight excluding hydrogens is 298 g/mol. The van der Waals surface area contributed by atoms with Crippen LogP contribution in [0.15, 0.2) is 54.9 Å². The summed E-state index contributed by atoms with van der Waals surface area (Å²) in [6, 6.07) is 15.0. The predicted molar refractivity (Wildman–Crippen MR) is 96.5 cm³/mol. The van der Waals surface area contributed by atoms with E-state index in [1.165, 1.54) is 5.56 Å². The van der Waals surface area contributed by atoms with E-state index in [0.29, 0.717) is 12.5 Å². The van der Waals surface area contributed by atoms with Crippen molar-refractivity contribution in [2.75, 3.05) is 13.1 Å². The number of hydrogen-bond acceptors (Lipinski definition) is 2. The molecule has 0 aliphatic carbocycles. The van der Waals surface area contributed by atoms with E-state index >= 15 is 0 Å². The Hall–Kier alpha value is -2.07. The van der Waals surface area contributed by atoms with Crippen molar-refractivity contribution >= 4 is 5.91 Å². The van der Waals surface area contributed by atoms with Gasteiger partial charge in [0.15, 0.2) is 0 Å². The number of carbonyl (C=O) groups is 1. The van der Waals surface area contributed by atoms with Crippen LogP contribution in [-0.4, -0.2) is 34.5 Å². The van der Waals surface area contributed by atoms with Crippen molar-refractivity contribution in [3.8, 4) is 0 Å². The molecule has 0 atom stereocenters. The third-order valence-electron chi connectivity index (χ3n) is 4.69. The lowest BCUT2D eigenvalue weighted by Crippen LogP contribution is -2.44. The van der Waals surface area contributed by atoms with Gasteiger partial charge in [0, 0.05) is 51.0 Å². The number of carbonyl (C=O) groups excluding carboxylic acids is 1. The quantitative estimate of drug-likeness (QED) is 0.849. The summed E-state index contributed by atoms with van der Waals surface area (Å²) < 4.78 is 2.12. The maximum atomic E-state index is 12.1. The summed E-state index contributed by atoms with van der Waals surface area (Å²) >= 11 is 0. The highest BCUT2D eigenvalue weighted by atomic mass is 16.1. The normalized spacial score (nSPS) is 16.2. The van der Waals surface area contributed by atoms with Gasteiger partial charge in [-0.05, 0) is 37.0 Å². The molecule has 128 valence electrons. The molecule has 1 aromatic heterocycles. The van der Waals surface area contributed by atoms with Gasteiger partial charge in [-0.15, -0.1) is 0 Å². The molecule has 3 rings (SSSR count). The Labute approximate surface area is 144 Å². The van der Waals surface area contributed by atoms with Crippen LogP contribution in [0.1, 0.15) is 31.2 Å². The molecule has 1 amide bonds. The van der Waals surface area contributed by atoms with Crippen LogP contribution < -0.4 is 5.32 Å². The summed E-state index contributed by atoms with van der Waals surface area (Å²) in [5.41, 5.74) is 1.37. The fourth-order valence-corrected chi connectivity index (χ4v) is 3.32. The molecule has 1 aliphatic rings. The molecule has 0 spiro atoms. The summed E-state index contributed by atoms with van der Waals surface area (Å²) in [6.07, 6.45) is 7.70. The highest BCUT2D eigenvalue weighted by Crippen LogP contribution is 2.14. The number of nitrogens with zero attached hydrogens (tertiary/aromatic N) is 2. The summed E-state index contributed by atoms with van der Waals surface area (Å²) in [5, 5.41) is 3.21. The van der Waals surface area contributed by atoms with E-state index in [4.69, 9.17) is 0 Å². The fraction of sp³-hybridized carbons (Fsp3) is 0.450. The van der Waals surface area contributed by atoms with E-state index in [0.717, 1.165) is 45.4 Å². The molecule has 0 bridgehead atoms. The Kier molecular flexibility index (Phi) is 6.07. The molecule has 1 fully saturated rings. The van der Waals surface area contributed by atoms with Crippen molar-refractivity contribution in [3.05, 3.63) is 60.4 Å². The van der Waals surface area contributed by atoms with E-state index in [1.54, 1.807) is 0 Å². The van der Waals surface area contributed by atoms with Crippen molar-refractivity contribution < 1.29 is 4.79 Å². The van der Waals surface area contributed by atoms with Crippen LogP contribution in [-0.2, 0) is 17.9 Å². The summed E-state index contributed by atoms with van der Waals surface area (Å²) in [6.45, 7) is 4.04. The molecule has 0 saturated carbocycles. The monoisotopic (exact) mass is 325 g/mol. The third-order valence-corrected chi connectivity index (χ3v) is 4.69. The molecule has 0 unspecified atom stereocenters. The van der Waals surface area contributed by atoms with Crippen molar-refractivity contribution in [3.63, 3.8) is 0 Å². The number of aryl methyl sites for hydroxylation is 1. The van der Waals surface area contributed by atoms with Crippen LogP contribution in [0.3, 0.4) is 0 Å². The van der Waals surface area contributed by atoms with E-state index in [2.05, 4.69) is 45.1 Å². The van der Waals surface area contributed by atoms with Crippen LogP contribution in [0, 0.1) is 0 Å². The van der Waals surface area contributed by atoms with Crippen LogP contribution in [0.5, 0.6) is 0 Å². The van der Waals surface area contributed by atoms with E-state index in [9.17, 15) is 4.79 Å². The molecule has 2 heterocycles. The number of benzene rings is 1. The molecule has 24 heavy (non-hydrogen) atoms. The summed E-state index contributed by atoms with van der Waals surface area (Å²) in [5.74, 6) is 0.198. The lowest BCUT2D eigenvalue weighted by molar-refractivity contribution is -0.122. The van der Waals surface area contributed by atoms with E-state index < -0.39 is 0 Å². The second kappa shape index (κ2) is 8.69. The zero-order chi connectivity index (χ0) is 16.6. The molecule has 1 aliphatic heterocycles.